The Morgan fingerprint density at radius 2 is 1.81 bits per heavy atom. The van der Waals surface area contributed by atoms with Crippen LogP contribution in [0.25, 0.3) is 0 Å². The van der Waals surface area contributed by atoms with Gasteiger partial charge in [0.2, 0.25) is 0 Å². The number of furan rings is 1. The molecule has 2 aliphatic rings. The molecule has 2 N–H and O–H groups in total. The van der Waals surface area contributed by atoms with Crippen molar-refractivity contribution in [3.8, 4) is 0 Å². The molecule has 0 spiro atoms. The first-order chi connectivity index (χ1) is 12.2. The molecule has 5 nitrogen and oxygen atoms in total. The van der Waals surface area contributed by atoms with Gasteiger partial charge in [-0.3, -0.25) is 4.99 Å². The summed E-state index contributed by atoms with van der Waals surface area (Å²) >= 11 is 0. The molecule has 2 fully saturated rings. The molecule has 1 aliphatic carbocycles. The zero-order valence-corrected chi connectivity index (χ0v) is 18.6. The van der Waals surface area contributed by atoms with Gasteiger partial charge in [0.25, 0.3) is 0 Å². The fourth-order valence-electron chi connectivity index (χ4n) is 3.88. The van der Waals surface area contributed by atoms with Crippen molar-refractivity contribution in [3.63, 3.8) is 0 Å². The molecule has 0 atom stereocenters. The lowest BCUT2D eigenvalue weighted by atomic mass is 10.0. The van der Waals surface area contributed by atoms with Gasteiger partial charge >= 0.3 is 0 Å². The summed E-state index contributed by atoms with van der Waals surface area (Å²) in [7, 11) is 0. The fraction of sp³-hybridized carbons (Fsp3) is 0.750. The molecule has 0 unspecified atom stereocenters. The predicted octanol–water partition coefficient (Wildman–Crippen LogP) is 3.79. The first-order valence-electron chi connectivity index (χ1n) is 10.0. The number of nitrogens with one attached hydrogen (secondary N) is 2. The first kappa shape index (κ1) is 21.5. The smallest absolute Gasteiger partial charge is 0.191 e. The molecule has 148 valence electrons. The highest BCUT2D eigenvalue weighted by Gasteiger charge is 2.23. The molecular weight excluding hydrogens is 439 g/mol. The van der Waals surface area contributed by atoms with Crippen LogP contribution >= 0.6 is 24.0 Å². The Morgan fingerprint density at radius 3 is 2.38 bits per heavy atom. The van der Waals surface area contributed by atoms with E-state index in [0.717, 1.165) is 24.7 Å². The molecule has 1 saturated carbocycles. The van der Waals surface area contributed by atoms with Gasteiger partial charge in [0.05, 0.1) is 6.26 Å². The van der Waals surface area contributed by atoms with Gasteiger partial charge in [0, 0.05) is 44.2 Å². The van der Waals surface area contributed by atoms with Gasteiger partial charge in [0.15, 0.2) is 5.96 Å². The number of rotatable bonds is 6. The molecule has 1 aromatic heterocycles. The average molecular weight is 474 g/mol. The van der Waals surface area contributed by atoms with E-state index in [1.807, 2.05) is 12.1 Å². The number of halogens is 1. The summed E-state index contributed by atoms with van der Waals surface area (Å²) < 4.78 is 5.42. The van der Waals surface area contributed by atoms with Crippen LogP contribution in [0.15, 0.2) is 27.8 Å². The number of hydrogen-bond acceptors (Lipinski definition) is 3. The van der Waals surface area contributed by atoms with Crippen molar-refractivity contribution >= 4 is 29.9 Å². The maximum atomic E-state index is 5.42. The van der Waals surface area contributed by atoms with Crippen molar-refractivity contribution in [1.29, 1.82) is 0 Å². The maximum absolute atomic E-state index is 5.42. The second-order valence-electron chi connectivity index (χ2n) is 7.73. The topological polar surface area (TPSA) is 52.8 Å². The Balaban J connectivity index is 0.00000243. The summed E-state index contributed by atoms with van der Waals surface area (Å²) in [5, 5.41) is 7.38. The minimum Gasteiger partial charge on any atom is -0.469 e. The van der Waals surface area contributed by atoms with Crippen LogP contribution in [-0.4, -0.2) is 48.6 Å². The molecular formula is C20H35IN4O. The second-order valence-corrected chi connectivity index (χ2v) is 7.73. The molecule has 1 aromatic rings. The van der Waals surface area contributed by atoms with E-state index in [1.54, 1.807) is 6.26 Å². The van der Waals surface area contributed by atoms with Gasteiger partial charge in [-0.2, -0.15) is 0 Å². The Hall–Kier alpha value is -0.760. The molecule has 2 heterocycles. The minimum atomic E-state index is 0. The van der Waals surface area contributed by atoms with Crippen LogP contribution in [0.5, 0.6) is 0 Å². The van der Waals surface area contributed by atoms with Crippen LogP contribution in [0.3, 0.4) is 0 Å². The van der Waals surface area contributed by atoms with Crippen molar-refractivity contribution < 1.29 is 4.42 Å². The molecule has 1 saturated heterocycles. The molecule has 6 heteroatoms. The Bertz CT molecular complexity index is 518. The summed E-state index contributed by atoms with van der Waals surface area (Å²) in [5.74, 6) is 2.01. The van der Waals surface area contributed by atoms with Crippen LogP contribution < -0.4 is 10.6 Å². The average Bonchev–Trinajstić information content (AvgIpc) is 3.29. The lowest BCUT2D eigenvalue weighted by molar-refractivity contribution is 0.167. The van der Waals surface area contributed by atoms with E-state index in [1.165, 1.54) is 51.6 Å². The summed E-state index contributed by atoms with van der Waals surface area (Å²) in [6.45, 7) is 7.70. The lowest BCUT2D eigenvalue weighted by Crippen LogP contribution is -2.51. The number of piperidine rings is 1. The fourth-order valence-corrected chi connectivity index (χ4v) is 3.88. The standard InChI is InChI=1S/C20H34N4O.HI/c1-16(2)24-13-10-18(11-14-24)23-20(22-17-6-3-4-7-17)21-12-9-19-8-5-15-25-19;/h5,8,15-18H,3-4,6-7,9-14H2,1-2H3,(H2,21,22,23);1H. The molecule has 26 heavy (non-hydrogen) atoms. The summed E-state index contributed by atoms with van der Waals surface area (Å²) in [6.07, 6.45) is 10.2. The van der Waals surface area contributed by atoms with Crippen molar-refractivity contribution in [3.05, 3.63) is 24.2 Å². The highest BCUT2D eigenvalue weighted by molar-refractivity contribution is 14.0. The molecule has 0 amide bonds. The van der Waals surface area contributed by atoms with E-state index in [9.17, 15) is 0 Å². The van der Waals surface area contributed by atoms with Gasteiger partial charge in [-0.1, -0.05) is 12.8 Å². The predicted molar refractivity (Wildman–Crippen MR) is 118 cm³/mol. The third-order valence-corrected chi connectivity index (χ3v) is 5.50. The number of hydrogen-bond donors (Lipinski definition) is 2. The van der Waals surface area contributed by atoms with E-state index in [4.69, 9.17) is 9.41 Å². The maximum Gasteiger partial charge on any atom is 0.191 e. The molecule has 1 aliphatic heterocycles. The van der Waals surface area contributed by atoms with Crippen LogP contribution in [0.2, 0.25) is 0 Å². The Kier molecular flexibility index (Phi) is 9.25. The number of likely N-dealkylation sites (tertiary alicyclic amines) is 1. The van der Waals surface area contributed by atoms with E-state index in [2.05, 4.69) is 29.4 Å². The monoisotopic (exact) mass is 474 g/mol. The quantitative estimate of drug-likeness (QED) is 0.374. The van der Waals surface area contributed by atoms with Crippen LogP contribution in [0.4, 0.5) is 0 Å². The largest absolute Gasteiger partial charge is 0.469 e. The van der Waals surface area contributed by atoms with Crippen molar-refractivity contribution in [2.45, 2.75) is 76.9 Å². The molecule has 0 aromatic carbocycles. The molecule has 0 bridgehead atoms. The Labute approximate surface area is 175 Å². The minimum absolute atomic E-state index is 0. The third kappa shape index (κ3) is 6.76. The van der Waals surface area contributed by atoms with Crippen molar-refractivity contribution in [1.82, 2.24) is 15.5 Å². The number of guanidine groups is 1. The SMILES string of the molecule is CC(C)N1CCC(NC(=NCCc2ccco2)NC2CCCC2)CC1.I. The highest BCUT2D eigenvalue weighted by Crippen LogP contribution is 2.18. The van der Waals surface area contributed by atoms with Crippen molar-refractivity contribution in [2.24, 2.45) is 4.99 Å². The van der Waals surface area contributed by atoms with E-state index < -0.39 is 0 Å². The highest BCUT2D eigenvalue weighted by atomic mass is 127. The Morgan fingerprint density at radius 1 is 1.15 bits per heavy atom. The van der Waals surface area contributed by atoms with Gasteiger partial charge in [-0.05, 0) is 51.7 Å². The first-order valence-corrected chi connectivity index (χ1v) is 10.0. The summed E-state index contributed by atoms with van der Waals surface area (Å²) in [6, 6.07) is 5.74. The lowest BCUT2D eigenvalue weighted by Gasteiger charge is -2.35. The number of nitrogens with zero attached hydrogens (tertiary/aromatic N) is 2. The van der Waals surface area contributed by atoms with E-state index >= 15 is 0 Å². The summed E-state index contributed by atoms with van der Waals surface area (Å²) in [5.41, 5.74) is 0. The van der Waals surface area contributed by atoms with E-state index in [-0.39, 0.29) is 24.0 Å². The normalized spacial score (nSPS) is 20.3. The van der Waals surface area contributed by atoms with Gasteiger partial charge in [-0.15, -0.1) is 24.0 Å². The zero-order chi connectivity index (χ0) is 17.5. The summed E-state index contributed by atoms with van der Waals surface area (Å²) in [4.78, 5) is 7.40. The van der Waals surface area contributed by atoms with E-state index in [0.29, 0.717) is 18.1 Å². The van der Waals surface area contributed by atoms with Gasteiger partial charge in [0.1, 0.15) is 5.76 Å². The van der Waals surface area contributed by atoms with Gasteiger partial charge < -0.3 is 20.0 Å². The molecule has 3 rings (SSSR count). The third-order valence-electron chi connectivity index (χ3n) is 5.50. The molecule has 0 radical (unpaired) electrons. The van der Waals surface area contributed by atoms with Crippen LogP contribution in [0, 0.1) is 0 Å². The van der Waals surface area contributed by atoms with Crippen LogP contribution in [0.1, 0.15) is 58.1 Å². The van der Waals surface area contributed by atoms with Crippen LogP contribution in [-0.2, 0) is 6.42 Å². The number of aliphatic imine (C=N–C) groups is 1. The van der Waals surface area contributed by atoms with Gasteiger partial charge in [-0.25, -0.2) is 0 Å². The zero-order valence-electron chi connectivity index (χ0n) is 16.2. The van der Waals surface area contributed by atoms with Crippen molar-refractivity contribution in [2.75, 3.05) is 19.6 Å². The second kappa shape index (κ2) is 11.2.